The van der Waals surface area contributed by atoms with Gasteiger partial charge in [-0.1, -0.05) is 50.8 Å². The highest BCUT2D eigenvalue weighted by Gasteiger charge is 2.28. The number of halogens is 1. The Hall–Kier alpha value is -3.95. The van der Waals surface area contributed by atoms with Crippen molar-refractivity contribution in [2.45, 2.75) is 26.4 Å². The number of carbonyl (C=O) groups is 1. The Kier molecular flexibility index (Phi) is 8.76. The molecular formula is C31H33FN2O5S. The predicted molar refractivity (Wildman–Crippen MR) is 157 cm³/mol. The minimum Gasteiger partial charge on any atom is -0.455 e. The van der Waals surface area contributed by atoms with E-state index in [-0.39, 0.29) is 30.7 Å². The molecule has 40 heavy (non-hydrogen) atoms. The lowest BCUT2D eigenvalue weighted by molar-refractivity contribution is 0.0964. The number of sulfonamides is 1. The highest BCUT2D eigenvalue weighted by atomic mass is 32.2. The van der Waals surface area contributed by atoms with Crippen molar-refractivity contribution in [1.29, 1.82) is 0 Å². The van der Waals surface area contributed by atoms with Crippen molar-refractivity contribution in [3.05, 3.63) is 101 Å². The Labute approximate surface area is 234 Å². The van der Waals surface area contributed by atoms with Crippen molar-refractivity contribution in [1.82, 2.24) is 5.32 Å². The van der Waals surface area contributed by atoms with Gasteiger partial charge in [-0.2, -0.15) is 0 Å². The average molecular weight is 565 g/mol. The van der Waals surface area contributed by atoms with Gasteiger partial charge in [-0.3, -0.25) is 9.10 Å². The maximum Gasteiger partial charge on any atom is 0.255 e. The molecule has 3 aromatic carbocycles. The Balaban J connectivity index is 1.75. The number of hydrogen-bond acceptors (Lipinski definition) is 5. The zero-order valence-electron chi connectivity index (χ0n) is 23.0. The summed E-state index contributed by atoms with van der Waals surface area (Å²) in [5.74, 6) is -0.606. The summed E-state index contributed by atoms with van der Waals surface area (Å²) in [5.41, 5.74) is 3.87. The predicted octanol–water partition coefficient (Wildman–Crippen LogP) is 6.26. The van der Waals surface area contributed by atoms with E-state index in [1.165, 1.54) is 35.6 Å². The second-order valence-electron chi connectivity index (χ2n) is 9.95. The van der Waals surface area contributed by atoms with Crippen LogP contribution < -0.4 is 9.62 Å². The maximum atomic E-state index is 13.6. The number of rotatable bonds is 11. The molecule has 0 fully saturated rings. The molecule has 0 saturated carbocycles. The molecule has 1 N–H and O–H groups in total. The molecule has 1 heterocycles. The molecule has 4 aromatic rings. The largest absolute Gasteiger partial charge is 0.455 e. The second-order valence-corrected chi connectivity index (χ2v) is 11.9. The molecule has 0 radical (unpaired) electrons. The van der Waals surface area contributed by atoms with Crippen LogP contribution in [0.25, 0.3) is 22.3 Å². The SMILES string of the molecule is C=C(COCc1ccccc1)CN(c1cc2oc(-c3ccc(F)cc3)c(C(=O)NC)c2cc1C(C)C)S(C)(=O)=O. The number of nitrogens with one attached hydrogen (secondary N) is 1. The lowest BCUT2D eigenvalue weighted by Crippen LogP contribution is -2.33. The summed E-state index contributed by atoms with van der Waals surface area (Å²) in [7, 11) is -2.22. The Morgan fingerprint density at radius 1 is 1.10 bits per heavy atom. The van der Waals surface area contributed by atoms with Crippen LogP contribution in [0.3, 0.4) is 0 Å². The third-order valence-corrected chi connectivity index (χ3v) is 7.60. The standard InChI is InChI=1S/C31H33FN2O5S/c1-20(2)25-15-26-28(39-30(29(26)31(35)33-4)23-11-13-24(32)14-12-23)16-27(25)34(40(5,36)37)17-21(3)18-38-19-22-9-7-6-8-10-22/h6-16,20H,3,17-19H2,1-2,4-5H3,(H,33,35). The zero-order valence-corrected chi connectivity index (χ0v) is 23.8. The third-order valence-electron chi connectivity index (χ3n) is 6.47. The van der Waals surface area contributed by atoms with Gasteiger partial charge in [-0.15, -0.1) is 0 Å². The summed E-state index contributed by atoms with van der Waals surface area (Å²) < 4.78 is 53.0. The van der Waals surface area contributed by atoms with E-state index >= 15 is 0 Å². The number of anilines is 1. The van der Waals surface area contributed by atoms with Crippen molar-refractivity contribution in [2.75, 3.05) is 30.8 Å². The fourth-order valence-electron chi connectivity index (χ4n) is 4.50. The molecule has 9 heteroatoms. The van der Waals surface area contributed by atoms with Gasteiger partial charge in [0.05, 0.1) is 37.3 Å². The highest BCUT2D eigenvalue weighted by molar-refractivity contribution is 7.92. The van der Waals surface area contributed by atoms with Gasteiger partial charge >= 0.3 is 0 Å². The number of furan rings is 1. The van der Waals surface area contributed by atoms with E-state index < -0.39 is 15.8 Å². The van der Waals surface area contributed by atoms with Crippen LogP contribution in [-0.2, 0) is 21.4 Å². The smallest absolute Gasteiger partial charge is 0.255 e. The van der Waals surface area contributed by atoms with Gasteiger partial charge in [0.2, 0.25) is 10.0 Å². The molecule has 7 nitrogen and oxygen atoms in total. The molecule has 0 aliphatic rings. The van der Waals surface area contributed by atoms with Crippen LogP contribution in [0.4, 0.5) is 10.1 Å². The van der Waals surface area contributed by atoms with E-state index in [0.717, 1.165) is 11.8 Å². The van der Waals surface area contributed by atoms with Gasteiger partial charge in [-0.25, -0.2) is 12.8 Å². The topological polar surface area (TPSA) is 88.8 Å². The average Bonchev–Trinajstić information content (AvgIpc) is 3.29. The normalized spacial score (nSPS) is 11.7. The second kappa shape index (κ2) is 12.1. The molecule has 0 bridgehead atoms. The summed E-state index contributed by atoms with van der Waals surface area (Å²) in [4.78, 5) is 13.0. The van der Waals surface area contributed by atoms with E-state index in [1.54, 1.807) is 12.1 Å². The highest BCUT2D eigenvalue weighted by Crippen LogP contribution is 2.40. The number of hydrogen-bond donors (Lipinski definition) is 1. The molecule has 0 unspecified atom stereocenters. The van der Waals surface area contributed by atoms with E-state index in [1.807, 2.05) is 44.2 Å². The maximum absolute atomic E-state index is 13.6. The van der Waals surface area contributed by atoms with E-state index in [0.29, 0.717) is 45.5 Å². The molecule has 210 valence electrons. The number of amides is 1. The lowest BCUT2D eigenvalue weighted by Gasteiger charge is -2.27. The molecule has 4 rings (SSSR count). The lowest BCUT2D eigenvalue weighted by atomic mass is 9.96. The monoisotopic (exact) mass is 564 g/mol. The number of nitrogens with zero attached hydrogens (tertiary/aromatic N) is 1. The summed E-state index contributed by atoms with van der Waals surface area (Å²) in [6, 6.07) is 18.8. The molecule has 0 aliphatic carbocycles. The number of carbonyl (C=O) groups excluding carboxylic acids is 1. The van der Waals surface area contributed by atoms with Crippen molar-refractivity contribution in [3.8, 4) is 11.3 Å². The summed E-state index contributed by atoms with van der Waals surface area (Å²) in [5, 5.41) is 3.18. The summed E-state index contributed by atoms with van der Waals surface area (Å²) in [6.07, 6.45) is 1.14. The van der Waals surface area contributed by atoms with Crippen LogP contribution in [0.5, 0.6) is 0 Å². The van der Waals surface area contributed by atoms with Crippen LogP contribution >= 0.6 is 0 Å². The number of fused-ring (bicyclic) bond motifs is 1. The van der Waals surface area contributed by atoms with Crippen LogP contribution in [0.1, 0.15) is 41.3 Å². The fourth-order valence-corrected chi connectivity index (χ4v) is 5.43. The van der Waals surface area contributed by atoms with E-state index in [4.69, 9.17) is 9.15 Å². The number of ether oxygens (including phenoxy) is 1. The first kappa shape index (κ1) is 29.0. The molecule has 0 spiro atoms. The van der Waals surface area contributed by atoms with Gasteiger partial charge in [0.1, 0.15) is 17.2 Å². The first-order chi connectivity index (χ1) is 19.0. The van der Waals surface area contributed by atoms with Gasteiger partial charge in [0.25, 0.3) is 5.91 Å². The molecule has 0 atom stereocenters. The Morgan fingerprint density at radius 2 is 1.77 bits per heavy atom. The summed E-state index contributed by atoms with van der Waals surface area (Å²) in [6.45, 7) is 8.52. The van der Waals surface area contributed by atoms with Crippen molar-refractivity contribution in [2.24, 2.45) is 0 Å². The first-order valence-electron chi connectivity index (χ1n) is 12.8. The van der Waals surface area contributed by atoms with Crippen LogP contribution in [0.2, 0.25) is 0 Å². The van der Waals surface area contributed by atoms with Crippen LogP contribution in [-0.4, -0.2) is 40.8 Å². The molecule has 1 aromatic heterocycles. The van der Waals surface area contributed by atoms with Crippen LogP contribution in [0.15, 0.2) is 83.3 Å². The van der Waals surface area contributed by atoms with Crippen molar-refractivity contribution in [3.63, 3.8) is 0 Å². The van der Waals surface area contributed by atoms with Gasteiger partial charge in [0, 0.05) is 24.1 Å². The fraction of sp³-hybridized carbons (Fsp3) is 0.258. The molecule has 0 aliphatic heterocycles. The van der Waals surface area contributed by atoms with Gasteiger partial charge in [0.15, 0.2) is 0 Å². The first-order valence-corrected chi connectivity index (χ1v) is 14.7. The Morgan fingerprint density at radius 3 is 2.38 bits per heavy atom. The Bertz CT molecular complexity index is 1630. The minimum atomic E-state index is -3.74. The van der Waals surface area contributed by atoms with Crippen LogP contribution in [0, 0.1) is 5.82 Å². The molecular weight excluding hydrogens is 531 g/mol. The summed E-state index contributed by atoms with van der Waals surface area (Å²) >= 11 is 0. The third kappa shape index (κ3) is 6.43. The quantitative estimate of drug-likeness (QED) is 0.217. The minimum absolute atomic E-state index is 0.00663. The zero-order chi connectivity index (χ0) is 29.0. The molecule has 0 saturated heterocycles. The van der Waals surface area contributed by atoms with Crippen molar-refractivity contribution < 1.29 is 26.8 Å². The van der Waals surface area contributed by atoms with Crippen molar-refractivity contribution >= 4 is 32.6 Å². The van der Waals surface area contributed by atoms with Gasteiger partial charge < -0.3 is 14.5 Å². The van der Waals surface area contributed by atoms with Gasteiger partial charge in [-0.05, 0) is 52.9 Å². The van der Waals surface area contributed by atoms with E-state index in [9.17, 15) is 17.6 Å². The van der Waals surface area contributed by atoms with E-state index in [2.05, 4.69) is 11.9 Å². The molecule has 1 amide bonds. The number of benzene rings is 3.